The van der Waals surface area contributed by atoms with Crippen LogP contribution in [0.25, 0.3) is 16.9 Å². The summed E-state index contributed by atoms with van der Waals surface area (Å²) < 4.78 is 1.77. The van der Waals surface area contributed by atoms with Gasteiger partial charge in [0.05, 0.1) is 16.3 Å². The lowest BCUT2D eigenvalue weighted by Crippen LogP contribution is -2.20. The molecule has 0 unspecified atom stereocenters. The third kappa shape index (κ3) is 2.78. The Hall–Kier alpha value is -4.47. The van der Waals surface area contributed by atoms with Crippen LogP contribution in [-0.2, 0) is 6.42 Å². The van der Waals surface area contributed by atoms with Gasteiger partial charge in [-0.1, -0.05) is 18.2 Å². The van der Waals surface area contributed by atoms with Gasteiger partial charge in [-0.05, 0) is 23.8 Å². The van der Waals surface area contributed by atoms with E-state index in [2.05, 4.69) is 20.6 Å². The second kappa shape index (κ2) is 6.55. The minimum absolute atomic E-state index is 0.105. The Labute approximate surface area is 168 Å². The van der Waals surface area contributed by atoms with Gasteiger partial charge in [0.15, 0.2) is 0 Å². The van der Waals surface area contributed by atoms with Crippen molar-refractivity contribution in [1.82, 2.24) is 14.4 Å². The van der Waals surface area contributed by atoms with Crippen LogP contribution >= 0.6 is 0 Å². The highest BCUT2D eigenvalue weighted by atomic mass is 16.6. The fourth-order valence-electron chi connectivity index (χ4n) is 3.71. The highest BCUT2D eigenvalue weighted by Crippen LogP contribution is 2.36. The molecule has 1 aliphatic carbocycles. The SMILES string of the molecule is O=C(Nc1ccc2c(c1)Cc1c-2[nH]c(=O)c2nccn12)Nc1ccccc1[N+](=O)[O-]. The molecule has 2 aromatic heterocycles. The van der Waals surface area contributed by atoms with Crippen LogP contribution < -0.4 is 16.2 Å². The van der Waals surface area contributed by atoms with Crippen molar-refractivity contribution in [3.63, 3.8) is 0 Å². The van der Waals surface area contributed by atoms with E-state index in [1.54, 1.807) is 28.9 Å². The zero-order valence-corrected chi connectivity index (χ0v) is 15.4. The standard InChI is InChI=1S/C20H14N6O4/c27-19-18-21-7-8-25(18)16-10-11-9-12(5-6-13(11)17(16)24-19)22-20(28)23-14-3-1-2-4-15(14)26(29)30/h1-9H,10H2,(H,24,27)(H2,22,23,28). The average Bonchev–Trinajstić information content (AvgIpc) is 3.33. The number of H-pyrrole nitrogens is 1. The number of nitro benzene ring substituents is 1. The van der Waals surface area contributed by atoms with Gasteiger partial charge in [-0.25, -0.2) is 9.78 Å². The molecule has 0 radical (unpaired) electrons. The largest absolute Gasteiger partial charge is 0.323 e. The monoisotopic (exact) mass is 402 g/mol. The summed E-state index contributed by atoms with van der Waals surface area (Å²) in [6.45, 7) is 0. The number of benzene rings is 2. The Kier molecular flexibility index (Phi) is 3.85. The van der Waals surface area contributed by atoms with Crippen LogP contribution in [0.1, 0.15) is 11.3 Å². The van der Waals surface area contributed by atoms with Crippen molar-refractivity contribution in [1.29, 1.82) is 0 Å². The van der Waals surface area contributed by atoms with Crippen LogP contribution in [0.4, 0.5) is 21.9 Å². The second-order valence-corrected chi connectivity index (χ2v) is 6.80. The number of anilines is 2. The van der Waals surface area contributed by atoms with Gasteiger partial charge in [-0.15, -0.1) is 0 Å². The van der Waals surface area contributed by atoms with Crippen molar-refractivity contribution in [3.05, 3.63) is 86.6 Å². The number of urea groups is 1. The van der Waals surface area contributed by atoms with Crippen molar-refractivity contribution in [2.45, 2.75) is 6.42 Å². The van der Waals surface area contributed by atoms with Gasteiger partial charge in [0, 0.05) is 36.1 Å². The molecule has 2 amide bonds. The number of aromatic amines is 1. The summed E-state index contributed by atoms with van der Waals surface area (Å²) in [5.41, 5.74) is 3.98. The number of para-hydroxylation sites is 2. The number of aromatic nitrogens is 3. The molecule has 10 heteroatoms. The molecule has 0 aliphatic heterocycles. The third-order valence-electron chi connectivity index (χ3n) is 5.00. The molecule has 148 valence electrons. The van der Waals surface area contributed by atoms with Crippen LogP contribution in [0.2, 0.25) is 0 Å². The number of carbonyl (C=O) groups excluding carboxylic acids is 1. The number of amides is 2. The number of hydrogen-bond donors (Lipinski definition) is 3. The molecule has 5 rings (SSSR count). The predicted octanol–water partition coefficient (Wildman–Crippen LogP) is 3.15. The first-order valence-electron chi connectivity index (χ1n) is 9.04. The highest BCUT2D eigenvalue weighted by Gasteiger charge is 2.24. The smallest absolute Gasteiger partial charge is 0.317 e. The summed E-state index contributed by atoms with van der Waals surface area (Å²) in [7, 11) is 0. The van der Waals surface area contributed by atoms with E-state index in [1.807, 2.05) is 12.1 Å². The third-order valence-corrected chi connectivity index (χ3v) is 5.00. The van der Waals surface area contributed by atoms with Gasteiger partial charge in [0.25, 0.3) is 11.2 Å². The average molecular weight is 402 g/mol. The Morgan fingerprint density at radius 2 is 2.03 bits per heavy atom. The zero-order valence-electron chi connectivity index (χ0n) is 15.4. The number of imidazole rings is 1. The van der Waals surface area contributed by atoms with E-state index >= 15 is 0 Å². The molecule has 4 aromatic rings. The summed E-state index contributed by atoms with van der Waals surface area (Å²) in [5.74, 6) is 0. The molecular weight excluding hydrogens is 388 g/mol. The molecular formula is C20H14N6O4. The van der Waals surface area contributed by atoms with Gasteiger partial charge in [-0.2, -0.15) is 0 Å². The fourth-order valence-corrected chi connectivity index (χ4v) is 3.71. The maximum absolute atomic E-state index is 12.4. The number of rotatable bonds is 3. The number of carbonyl (C=O) groups is 1. The molecule has 30 heavy (non-hydrogen) atoms. The summed E-state index contributed by atoms with van der Waals surface area (Å²) in [4.78, 5) is 42.1. The quantitative estimate of drug-likeness (QED) is 0.315. The van der Waals surface area contributed by atoms with Gasteiger partial charge in [0.1, 0.15) is 5.69 Å². The molecule has 0 saturated carbocycles. The molecule has 10 nitrogen and oxygen atoms in total. The minimum Gasteiger partial charge on any atom is -0.317 e. The lowest BCUT2D eigenvalue weighted by atomic mass is 10.1. The van der Waals surface area contributed by atoms with Crippen molar-refractivity contribution in [2.75, 3.05) is 10.6 Å². The second-order valence-electron chi connectivity index (χ2n) is 6.80. The van der Waals surface area contributed by atoms with Gasteiger partial charge >= 0.3 is 6.03 Å². The van der Waals surface area contributed by atoms with E-state index in [9.17, 15) is 19.7 Å². The molecule has 2 heterocycles. The van der Waals surface area contributed by atoms with E-state index in [4.69, 9.17) is 0 Å². The first-order chi connectivity index (χ1) is 14.5. The Balaban J connectivity index is 1.41. The molecule has 0 atom stereocenters. The Morgan fingerprint density at radius 1 is 1.20 bits per heavy atom. The number of nitrogens with zero attached hydrogens (tertiary/aromatic N) is 3. The lowest BCUT2D eigenvalue weighted by Gasteiger charge is -2.09. The van der Waals surface area contributed by atoms with Gasteiger partial charge < -0.3 is 15.6 Å². The maximum Gasteiger partial charge on any atom is 0.323 e. The van der Waals surface area contributed by atoms with E-state index in [0.717, 1.165) is 22.5 Å². The summed E-state index contributed by atoms with van der Waals surface area (Å²) in [5, 5.41) is 16.3. The molecule has 1 aliphatic rings. The molecule has 0 saturated heterocycles. The molecule has 3 N–H and O–H groups in total. The molecule has 2 aromatic carbocycles. The van der Waals surface area contributed by atoms with E-state index in [0.29, 0.717) is 17.8 Å². The number of nitro groups is 1. The Bertz CT molecular complexity index is 1400. The first-order valence-corrected chi connectivity index (χ1v) is 9.04. The topological polar surface area (TPSA) is 134 Å². The highest BCUT2D eigenvalue weighted by molar-refractivity contribution is 6.01. The zero-order chi connectivity index (χ0) is 20.8. The van der Waals surface area contributed by atoms with E-state index in [-0.39, 0.29) is 16.9 Å². The Morgan fingerprint density at radius 3 is 2.87 bits per heavy atom. The van der Waals surface area contributed by atoms with Gasteiger partial charge in [0.2, 0.25) is 5.65 Å². The lowest BCUT2D eigenvalue weighted by molar-refractivity contribution is -0.383. The van der Waals surface area contributed by atoms with Crippen LogP contribution in [0.5, 0.6) is 0 Å². The van der Waals surface area contributed by atoms with Crippen molar-refractivity contribution < 1.29 is 9.72 Å². The molecule has 0 fully saturated rings. The van der Waals surface area contributed by atoms with Gasteiger partial charge in [-0.3, -0.25) is 19.3 Å². The summed E-state index contributed by atoms with van der Waals surface area (Å²) in [6, 6.07) is 10.7. The van der Waals surface area contributed by atoms with Crippen molar-refractivity contribution >= 4 is 28.7 Å². The fraction of sp³-hybridized carbons (Fsp3) is 0.0500. The molecule has 0 spiro atoms. The minimum atomic E-state index is -0.592. The van der Waals surface area contributed by atoms with Crippen molar-refractivity contribution in [2.24, 2.45) is 0 Å². The normalized spacial score (nSPS) is 11.7. The van der Waals surface area contributed by atoms with Crippen LogP contribution in [0, 0.1) is 10.1 Å². The predicted molar refractivity (Wildman–Crippen MR) is 110 cm³/mol. The number of fused-ring (bicyclic) bond motifs is 5. The number of hydrogen-bond acceptors (Lipinski definition) is 5. The summed E-state index contributed by atoms with van der Waals surface area (Å²) in [6.07, 6.45) is 3.89. The summed E-state index contributed by atoms with van der Waals surface area (Å²) >= 11 is 0. The molecule has 0 bridgehead atoms. The van der Waals surface area contributed by atoms with Crippen LogP contribution in [0.15, 0.2) is 59.7 Å². The van der Waals surface area contributed by atoms with E-state index < -0.39 is 11.0 Å². The van der Waals surface area contributed by atoms with Crippen LogP contribution in [0.3, 0.4) is 0 Å². The first kappa shape index (κ1) is 17.6. The number of nitrogens with one attached hydrogen (secondary N) is 3. The van der Waals surface area contributed by atoms with Crippen LogP contribution in [-0.4, -0.2) is 25.3 Å². The van der Waals surface area contributed by atoms with Crippen molar-refractivity contribution in [3.8, 4) is 11.3 Å². The maximum atomic E-state index is 12.4. The van der Waals surface area contributed by atoms with E-state index in [1.165, 1.54) is 18.2 Å².